The van der Waals surface area contributed by atoms with Gasteiger partial charge in [-0.3, -0.25) is 19.8 Å². The van der Waals surface area contributed by atoms with Gasteiger partial charge in [0, 0.05) is 30.1 Å². The molecule has 0 atom stereocenters. The topological polar surface area (TPSA) is 136 Å². The number of piperidine rings is 1. The average Bonchev–Trinajstić information content (AvgIpc) is 3.12. The number of pyridine rings is 1. The summed E-state index contributed by atoms with van der Waals surface area (Å²) >= 11 is 0. The van der Waals surface area contributed by atoms with Crippen LogP contribution in [0.25, 0.3) is 16.9 Å². The first kappa shape index (κ1) is 21.6. The van der Waals surface area contributed by atoms with Gasteiger partial charge in [-0.25, -0.2) is 4.98 Å². The largest absolute Gasteiger partial charge is 0.487 e. The summed E-state index contributed by atoms with van der Waals surface area (Å²) in [6.07, 6.45) is 2.95. The van der Waals surface area contributed by atoms with Gasteiger partial charge in [0.2, 0.25) is 0 Å². The number of carboxylic acid groups (broad SMARTS) is 1. The third-order valence-corrected chi connectivity index (χ3v) is 5.78. The molecule has 1 fully saturated rings. The minimum atomic E-state index is -0.755. The molecule has 4 rings (SSSR count). The fourth-order valence-corrected chi connectivity index (χ4v) is 4.13. The first-order valence-corrected chi connectivity index (χ1v) is 10.5. The van der Waals surface area contributed by atoms with Gasteiger partial charge in [0.05, 0.1) is 28.8 Å². The smallest absolute Gasteiger partial charge is 0.311 e. The molecular weight excluding hydrogens is 414 g/mol. The number of fused-ring (bicyclic) bond motifs is 1. The van der Waals surface area contributed by atoms with E-state index in [4.69, 9.17) is 15.5 Å². The van der Waals surface area contributed by atoms with Gasteiger partial charge in [-0.2, -0.15) is 0 Å². The Labute approximate surface area is 184 Å². The van der Waals surface area contributed by atoms with Gasteiger partial charge in [0.1, 0.15) is 5.65 Å². The molecule has 0 bridgehead atoms. The molecule has 1 aliphatic heterocycles. The van der Waals surface area contributed by atoms with Crippen LogP contribution in [0, 0.1) is 16.0 Å². The van der Waals surface area contributed by atoms with E-state index in [0.29, 0.717) is 61.7 Å². The Balaban J connectivity index is 1.75. The molecule has 0 amide bonds. The van der Waals surface area contributed by atoms with E-state index in [1.54, 1.807) is 31.3 Å². The molecule has 168 valence electrons. The van der Waals surface area contributed by atoms with Crippen molar-refractivity contribution in [2.24, 2.45) is 5.92 Å². The van der Waals surface area contributed by atoms with Crippen LogP contribution in [0.3, 0.4) is 0 Å². The summed E-state index contributed by atoms with van der Waals surface area (Å²) in [6.45, 7) is 3.92. The number of rotatable bonds is 7. The molecule has 3 aromatic rings. The summed E-state index contributed by atoms with van der Waals surface area (Å²) in [5.41, 5.74) is 9.23. The van der Waals surface area contributed by atoms with E-state index >= 15 is 0 Å². The normalized spacial score (nSPS) is 15.2. The zero-order chi connectivity index (χ0) is 22.8. The Morgan fingerprint density at radius 3 is 2.72 bits per heavy atom. The van der Waals surface area contributed by atoms with Crippen molar-refractivity contribution < 1.29 is 19.6 Å². The van der Waals surface area contributed by atoms with E-state index in [0.717, 1.165) is 5.69 Å². The summed E-state index contributed by atoms with van der Waals surface area (Å²) < 4.78 is 7.30. The SMILES string of the molecule is CCOc1ccc(-c2nc3ccc(N)cn3c2CN2CCC(C(=O)O)CC2)cc1[N+](=O)[O-]. The lowest BCUT2D eigenvalue weighted by Crippen LogP contribution is -2.36. The number of likely N-dealkylation sites (tertiary alicyclic amines) is 1. The second-order valence-electron chi connectivity index (χ2n) is 7.86. The second kappa shape index (κ2) is 8.83. The third-order valence-electron chi connectivity index (χ3n) is 5.78. The highest BCUT2D eigenvalue weighted by molar-refractivity contribution is 5.72. The Hall–Kier alpha value is -3.66. The number of hydrogen-bond acceptors (Lipinski definition) is 7. The van der Waals surface area contributed by atoms with Gasteiger partial charge in [-0.05, 0) is 57.1 Å². The fraction of sp³-hybridized carbons (Fsp3) is 0.364. The van der Waals surface area contributed by atoms with Crippen molar-refractivity contribution in [3.05, 3.63) is 52.3 Å². The molecule has 0 saturated carbocycles. The number of anilines is 1. The van der Waals surface area contributed by atoms with Crippen LogP contribution in [0.4, 0.5) is 11.4 Å². The number of nitrogens with two attached hydrogens (primary N) is 1. The molecule has 0 spiro atoms. The quantitative estimate of drug-likeness (QED) is 0.423. The minimum Gasteiger partial charge on any atom is -0.487 e. The highest BCUT2D eigenvalue weighted by atomic mass is 16.6. The third kappa shape index (κ3) is 4.22. The van der Waals surface area contributed by atoms with E-state index in [-0.39, 0.29) is 17.4 Å². The summed E-state index contributed by atoms with van der Waals surface area (Å²) in [5, 5.41) is 20.9. The van der Waals surface area contributed by atoms with Crippen molar-refractivity contribution in [1.29, 1.82) is 0 Å². The highest BCUT2D eigenvalue weighted by Gasteiger charge is 2.27. The molecular formula is C22H25N5O5. The number of aliphatic carboxylic acids is 1. The van der Waals surface area contributed by atoms with Crippen molar-refractivity contribution in [2.45, 2.75) is 26.3 Å². The van der Waals surface area contributed by atoms with Crippen LogP contribution in [-0.4, -0.2) is 50.0 Å². The summed E-state index contributed by atoms with van der Waals surface area (Å²) in [5.74, 6) is -0.863. The Morgan fingerprint density at radius 2 is 2.06 bits per heavy atom. The molecule has 1 aromatic carbocycles. The first-order valence-electron chi connectivity index (χ1n) is 10.5. The summed E-state index contributed by atoms with van der Waals surface area (Å²) in [7, 11) is 0. The summed E-state index contributed by atoms with van der Waals surface area (Å²) in [6, 6.07) is 8.41. The van der Waals surface area contributed by atoms with Crippen molar-refractivity contribution in [2.75, 3.05) is 25.4 Å². The molecule has 0 aliphatic carbocycles. The van der Waals surface area contributed by atoms with E-state index < -0.39 is 10.9 Å². The molecule has 3 heterocycles. The Bertz CT molecular complexity index is 1170. The number of carbonyl (C=O) groups is 1. The summed E-state index contributed by atoms with van der Waals surface area (Å²) in [4.78, 5) is 29.3. The lowest BCUT2D eigenvalue weighted by atomic mass is 9.97. The maximum atomic E-state index is 11.6. The van der Waals surface area contributed by atoms with Gasteiger partial charge in [0.15, 0.2) is 5.75 Å². The van der Waals surface area contributed by atoms with Crippen LogP contribution in [-0.2, 0) is 11.3 Å². The molecule has 3 N–H and O–H groups in total. The van der Waals surface area contributed by atoms with Crippen LogP contribution in [0.1, 0.15) is 25.5 Å². The predicted molar refractivity (Wildman–Crippen MR) is 119 cm³/mol. The van der Waals surface area contributed by atoms with E-state index in [1.165, 1.54) is 6.07 Å². The van der Waals surface area contributed by atoms with Gasteiger partial charge < -0.3 is 20.0 Å². The van der Waals surface area contributed by atoms with Crippen molar-refractivity contribution in [3.63, 3.8) is 0 Å². The van der Waals surface area contributed by atoms with Crippen LogP contribution >= 0.6 is 0 Å². The highest BCUT2D eigenvalue weighted by Crippen LogP contribution is 2.35. The predicted octanol–water partition coefficient (Wildman–Crippen LogP) is 3.19. The maximum absolute atomic E-state index is 11.6. The number of carboxylic acids is 1. The number of nitrogens with zero attached hydrogens (tertiary/aromatic N) is 4. The van der Waals surface area contributed by atoms with Gasteiger partial charge >= 0.3 is 11.7 Å². The van der Waals surface area contributed by atoms with Crippen LogP contribution < -0.4 is 10.5 Å². The Morgan fingerprint density at radius 1 is 1.31 bits per heavy atom. The second-order valence-corrected chi connectivity index (χ2v) is 7.86. The molecule has 0 radical (unpaired) electrons. The number of imidazole rings is 1. The Kier molecular flexibility index (Phi) is 5.95. The number of ether oxygens (including phenoxy) is 1. The van der Waals surface area contributed by atoms with Crippen LogP contribution in [0.15, 0.2) is 36.5 Å². The number of aromatic nitrogens is 2. The van der Waals surface area contributed by atoms with Crippen molar-refractivity contribution in [3.8, 4) is 17.0 Å². The zero-order valence-corrected chi connectivity index (χ0v) is 17.7. The number of nitro groups is 1. The molecule has 0 unspecified atom stereocenters. The van der Waals surface area contributed by atoms with Gasteiger partial charge in [-0.15, -0.1) is 0 Å². The average molecular weight is 439 g/mol. The fourth-order valence-electron chi connectivity index (χ4n) is 4.13. The number of nitrogen functional groups attached to an aromatic ring is 1. The zero-order valence-electron chi connectivity index (χ0n) is 17.7. The van der Waals surface area contributed by atoms with Crippen LogP contribution in [0.2, 0.25) is 0 Å². The van der Waals surface area contributed by atoms with E-state index in [1.807, 2.05) is 10.5 Å². The molecule has 2 aromatic heterocycles. The van der Waals surface area contributed by atoms with Crippen molar-refractivity contribution in [1.82, 2.24) is 14.3 Å². The van der Waals surface area contributed by atoms with Crippen LogP contribution in [0.5, 0.6) is 5.75 Å². The van der Waals surface area contributed by atoms with E-state index in [2.05, 4.69) is 4.90 Å². The van der Waals surface area contributed by atoms with E-state index in [9.17, 15) is 20.0 Å². The molecule has 32 heavy (non-hydrogen) atoms. The lowest BCUT2D eigenvalue weighted by Gasteiger charge is -2.30. The first-order chi connectivity index (χ1) is 15.4. The molecule has 10 heteroatoms. The lowest BCUT2D eigenvalue weighted by molar-refractivity contribution is -0.385. The number of benzene rings is 1. The van der Waals surface area contributed by atoms with Gasteiger partial charge in [0.25, 0.3) is 0 Å². The van der Waals surface area contributed by atoms with Crippen molar-refractivity contribution >= 4 is 23.0 Å². The van der Waals surface area contributed by atoms with Gasteiger partial charge in [-0.1, -0.05) is 0 Å². The molecule has 1 saturated heterocycles. The molecule has 10 nitrogen and oxygen atoms in total. The minimum absolute atomic E-state index is 0.117. The molecule has 1 aliphatic rings. The standard InChI is InChI=1S/C22H25N5O5/c1-2-32-19-5-3-15(11-17(19)27(30)31)21-18(26-12-16(23)4-6-20(26)24-21)13-25-9-7-14(8-10-25)22(28)29/h3-6,11-12,14H,2,7-10,13,23H2,1H3,(H,28,29). The maximum Gasteiger partial charge on any atom is 0.311 e. The monoisotopic (exact) mass is 439 g/mol. The number of nitro benzene ring substituents is 1. The number of hydrogen-bond donors (Lipinski definition) is 2.